The molecule has 0 atom stereocenters. The maximum Gasteiger partial charge on any atom is 0.257 e. The van der Waals surface area contributed by atoms with Crippen LogP contribution in [0.2, 0.25) is 0 Å². The summed E-state index contributed by atoms with van der Waals surface area (Å²) in [6.45, 7) is 2.55. The van der Waals surface area contributed by atoms with Gasteiger partial charge in [-0.1, -0.05) is 48.0 Å². The van der Waals surface area contributed by atoms with Gasteiger partial charge in [0.15, 0.2) is 0 Å². The second-order valence-corrected chi connectivity index (χ2v) is 6.63. The average molecular weight is 373 g/mol. The summed E-state index contributed by atoms with van der Waals surface area (Å²) in [6.07, 6.45) is 4.67. The van der Waals surface area contributed by atoms with E-state index >= 15 is 0 Å². The number of benzene rings is 2. The highest BCUT2D eigenvalue weighted by Gasteiger charge is 2.11. The van der Waals surface area contributed by atoms with E-state index < -0.39 is 0 Å². The Morgan fingerprint density at radius 3 is 2.29 bits per heavy atom. The van der Waals surface area contributed by atoms with E-state index in [1.807, 2.05) is 49.4 Å². The molecule has 0 spiro atoms. The summed E-state index contributed by atoms with van der Waals surface area (Å²) in [6, 6.07) is 19.2. The van der Waals surface area contributed by atoms with Crippen molar-refractivity contribution in [2.45, 2.75) is 19.8 Å². The molecule has 28 heavy (non-hydrogen) atoms. The van der Waals surface area contributed by atoms with E-state index in [-0.39, 0.29) is 11.8 Å². The minimum atomic E-state index is -0.296. The first kappa shape index (κ1) is 19.3. The van der Waals surface area contributed by atoms with Crippen molar-refractivity contribution < 1.29 is 9.59 Å². The largest absolute Gasteiger partial charge is 0.352 e. The summed E-state index contributed by atoms with van der Waals surface area (Å²) >= 11 is 0. The van der Waals surface area contributed by atoms with E-state index in [2.05, 4.69) is 27.8 Å². The van der Waals surface area contributed by atoms with Gasteiger partial charge in [-0.25, -0.2) is 0 Å². The highest BCUT2D eigenvalue weighted by atomic mass is 16.2. The molecule has 0 aliphatic carbocycles. The van der Waals surface area contributed by atoms with Gasteiger partial charge in [0, 0.05) is 24.6 Å². The zero-order valence-electron chi connectivity index (χ0n) is 15.8. The van der Waals surface area contributed by atoms with Crippen molar-refractivity contribution in [2.75, 3.05) is 11.9 Å². The van der Waals surface area contributed by atoms with Crippen LogP contribution < -0.4 is 10.6 Å². The molecule has 0 bridgehead atoms. The lowest BCUT2D eigenvalue weighted by Crippen LogP contribution is -2.25. The number of pyridine rings is 1. The molecule has 2 aromatic carbocycles. The third-order valence-corrected chi connectivity index (χ3v) is 4.34. The monoisotopic (exact) mass is 373 g/mol. The first-order chi connectivity index (χ1) is 13.6. The molecule has 1 heterocycles. The van der Waals surface area contributed by atoms with Crippen LogP contribution >= 0.6 is 0 Å². The van der Waals surface area contributed by atoms with Crippen LogP contribution in [0.1, 0.15) is 38.3 Å². The van der Waals surface area contributed by atoms with Gasteiger partial charge >= 0.3 is 0 Å². The molecule has 2 amide bonds. The molecule has 3 rings (SSSR count). The molecule has 0 radical (unpaired) electrons. The van der Waals surface area contributed by atoms with Crippen LogP contribution in [0, 0.1) is 6.92 Å². The number of aryl methyl sites for hydroxylation is 2. The minimum absolute atomic E-state index is 0.231. The fourth-order valence-corrected chi connectivity index (χ4v) is 2.77. The Bertz CT molecular complexity index is 938. The molecule has 0 unspecified atom stereocenters. The lowest BCUT2D eigenvalue weighted by molar-refractivity contribution is 0.0953. The minimum Gasteiger partial charge on any atom is -0.352 e. The van der Waals surface area contributed by atoms with Crippen molar-refractivity contribution in [3.63, 3.8) is 0 Å². The van der Waals surface area contributed by atoms with Gasteiger partial charge in [0.2, 0.25) is 0 Å². The molecule has 0 aliphatic rings. The maximum atomic E-state index is 12.4. The van der Waals surface area contributed by atoms with Gasteiger partial charge in [0.25, 0.3) is 11.8 Å². The zero-order valence-corrected chi connectivity index (χ0v) is 15.8. The normalized spacial score (nSPS) is 10.3. The van der Waals surface area contributed by atoms with E-state index in [1.54, 1.807) is 6.07 Å². The first-order valence-corrected chi connectivity index (χ1v) is 9.27. The van der Waals surface area contributed by atoms with E-state index in [9.17, 15) is 9.59 Å². The van der Waals surface area contributed by atoms with E-state index in [1.165, 1.54) is 18.0 Å². The molecule has 5 heteroatoms. The lowest BCUT2D eigenvalue weighted by Gasteiger charge is -2.08. The van der Waals surface area contributed by atoms with Crippen LogP contribution in [0.3, 0.4) is 0 Å². The summed E-state index contributed by atoms with van der Waals surface area (Å²) in [5.41, 5.74) is 3.78. The quantitative estimate of drug-likeness (QED) is 0.615. The molecule has 2 N–H and O–H groups in total. The van der Waals surface area contributed by atoms with E-state index in [0.29, 0.717) is 23.4 Å². The number of hydrogen-bond donors (Lipinski definition) is 2. The predicted molar refractivity (Wildman–Crippen MR) is 110 cm³/mol. The number of rotatable bonds is 7. The van der Waals surface area contributed by atoms with Crippen LogP contribution in [0.4, 0.5) is 5.69 Å². The van der Waals surface area contributed by atoms with Crippen molar-refractivity contribution in [1.29, 1.82) is 0 Å². The third kappa shape index (κ3) is 5.51. The van der Waals surface area contributed by atoms with Crippen molar-refractivity contribution >= 4 is 17.5 Å². The molecule has 5 nitrogen and oxygen atoms in total. The highest BCUT2D eigenvalue weighted by Crippen LogP contribution is 2.11. The topological polar surface area (TPSA) is 71.1 Å². The third-order valence-electron chi connectivity index (χ3n) is 4.34. The molecule has 0 saturated heterocycles. The number of anilines is 1. The number of carbonyl (C=O) groups excluding carboxylic acids is 2. The molecule has 0 aliphatic heterocycles. The van der Waals surface area contributed by atoms with Crippen LogP contribution in [0.25, 0.3) is 0 Å². The molecule has 142 valence electrons. The van der Waals surface area contributed by atoms with Crippen LogP contribution in [0.15, 0.2) is 73.1 Å². The van der Waals surface area contributed by atoms with Gasteiger partial charge in [0.1, 0.15) is 0 Å². The SMILES string of the molecule is Cc1ccc(NC(=O)c2cncc(C(=O)NCCCc3ccccc3)c2)cc1. The predicted octanol–water partition coefficient (Wildman–Crippen LogP) is 4.00. The van der Waals surface area contributed by atoms with Gasteiger partial charge < -0.3 is 10.6 Å². The number of carbonyl (C=O) groups is 2. The number of nitrogens with zero attached hydrogens (tertiary/aromatic N) is 1. The smallest absolute Gasteiger partial charge is 0.257 e. The second-order valence-electron chi connectivity index (χ2n) is 6.63. The summed E-state index contributed by atoms with van der Waals surface area (Å²) in [4.78, 5) is 28.8. The number of amides is 2. The highest BCUT2D eigenvalue weighted by molar-refractivity contribution is 6.05. The molecule has 3 aromatic rings. The van der Waals surface area contributed by atoms with Gasteiger partial charge in [-0.2, -0.15) is 0 Å². The van der Waals surface area contributed by atoms with Crippen LogP contribution in [-0.2, 0) is 6.42 Å². The molecular weight excluding hydrogens is 350 g/mol. The summed E-state index contributed by atoms with van der Waals surface area (Å²) in [5.74, 6) is -0.527. The van der Waals surface area contributed by atoms with Crippen LogP contribution in [-0.4, -0.2) is 23.3 Å². The number of hydrogen-bond acceptors (Lipinski definition) is 3. The van der Waals surface area contributed by atoms with E-state index in [0.717, 1.165) is 18.4 Å². The average Bonchev–Trinajstić information content (AvgIpc) is 2.73. The summed E-state index contributed by atoms with van der Waals surface area (Å²) in [5, 5.41) is 5.69. The van der Waals surface area contributed by atoms with Crippen molar-refractivity contribution in [3.05, 3.63) is 95.3 Å². The fraction of sp³-hybridized carbons (Fsp3) is 0.174. The number of nitrogens with one attached hydrogen (secondary N) is 2. The Hall–Kier alpha value is -3.47. The summed E-state index contributed by atoms with van der Waals surface area (Å²) in [7, 11) is 0. The van der Waals surface area contributed by atoms with Gasteiger partial charge in [-0.05, 0) is 43.5 Å². The zero-order chi connectivity index (χ0) is 19.8. The van der Waals surface area contributed by atoms with Gasteiger partial charge in [-0.15, -0.1) is 0 Å². The Morgan fingerprint density at radius 1 is 0.893 bits per heavy atom. The molecule has 1 aromatic heterocycles. The Balaban J connectivity index is 1.53. The summed E-state index contributed by atoms with van der Waals surface area (Å²) < 4.78 is 0. The van der Waals surface area contributed by atoms with Crippen LogP contribution in [0.5, 0.6) is 0 Å². The first-order valence-electron chi connectivity index (χ1n) is 9.27. The fourth-order valence-electron chi connectivity index (χ4n) is 2.77. The standard InChI is InChI=1S/C23H23N3O2/c1-17-9-11-21(12-10-17)26-23(28)20-14-19(15-24-16-20)22(27)25-13-5-8-18-6-3-2-4-7-18/h2-4,6-7,9-12,14-16H,5,8,13H2,1H3,(H,25,27)(H,26,28). The van der Waals surface area contributed by atoms with Crippen molar-refractivity contribution in [1.82, 2.24) is 10.3 Å². The van der Waals surface area contributed by atoms with Gasteiger partial charge in [0.05, 0.1) is 11.1 Å². The molecular formula is C23H23N3O2. The molecule has 0 saturated carbocycles. The Kier molecular flexibility index (Phi) is 6.52. The Labute approximate surface area is 164 Å². The second kappa shape index (κ2) is 9.46. The van der Waals surface area contributed by atoms with E-state index in [4.69, 9.17) is 0 Å². The van der Waals surface area contributed by atoms with Crippen molar-refractivity contribution in [3.8, 4) is 0 Å². The molecule has 0 fully saturated rings. The number of aromatic nitrogens is 1. The lowest BCUT2D eigenvalue weighted by atomic mass is 10.1. The van der Waals surface area contributed by atoms with Crippen molar-refractivity contribution in [2.24, 2.45) is 0 Å². The Morgan fingerprint density at radius 2 is 1.57 bits per heavy atom. The maximum absolute atomic E-state index is 12.4. The van der Waals surface area contributed by atoms with Gasteiger partial charge in [-0.3, -0.25) is 14.6 Å².